The van der Waals surface area contributed by atoms with Crippen LogP contribution < -0.4 is 4.74 Å². The predicted octanol–water partition coefficient (Wildman–Crippen LogP) is 1.78. The van der Waals surface area contributed by atoms with E-state index in [4.69, 9.17) is 4.74 Å². The molecule has 1 aromatic rings. The standard InChI is InChI=1S/C9H14N2O/c1-9(2,3)7-5-10-6-8(11-7)12-4/h5-6H,1-4H3. The topological polar surface area (TPSA) is 35.0 Å². The highest BCUT2D eigenvalue weighted by Crippen LogP contribution is 2.20. The Bertz CT molecular complexity index is 265. The lowest BCUT2D eigenvalue weighted by Gasteiger charge is -2.16. The second-order valence-electron chi connectivity index (χ2n) is 3.70. The number of hydrogen-bond acceptors (Lipinski definition) is 3. The van der Waals surface area contributed by atoms with Crippen molar-refractivity contribution >= 4 is 0 Å². The third-order valence-corrected chi connectivity index (χ3v) is 1.59. The van der Waals surface area contributed by atoms with Gasteiger partial charge < -0.3 is 4.74 Å². The number of ether oxygens (including phenoxy) is 1. The molecule has 12 heavy (non-hydrogen) atoms. The zero-order valence-electron chi connectivity index (χ0n) is 7.96. The Morgan fingerprint density at radius 3 is 2.42 bits per heavy atom. The van der Waals surface area contributed by atoms with Crippen LogP contribution in [0.2, 0.25) is 0 Å². The van der Waals surface area contributed by atoms with E-state index in [0.29, 0.717) is 5.88 Å². The maximum absolute atomic E-state index is 4.98. The molecule has 66 valence electrons. The molecule has 0 saturated heterocycles. The molecule has 0 spiro atoms. The summed E-state index contributed by atoms with van der Waals surface area (Å²) in [6.07, 6.45) is 3.37. The molecule has 0 fully saturated rings. The summed E-state index contributed by atoms with van der Waals surface area (Å²) in [6, 6.07) is 0. The van der Waals surface area contributed by atoms with Crippen molar-refractivity contribution in [1.29, 1.82) is 0 Å². The van der Waals surface area contributed by atoms with E-state index >= 15 is 0 Å². The SMILES string of the molecule is COc1cncc(C(C)(C)C)n1. The normalized spacial score (nSPS) is 11.3. The van der Waals surface area contributed by atoms with Gasteiger partial charge in [0.25, 0.3) is 0 Å². The first-order valence-electron chi connectivity index (χ1n) is 3.90. The number of nitrogens with zero attached hydrogens (tertiary/aromatic N) is 2. The summed E-state index contributed by atoms with van der Waals surface area (Å²) in [4.78, 5) is 8.31. The van der Waals surface area contributed by atoms with Crippen LogP contribution in [0.1, 0.15) is 26.5 Å². The van der Waals surface area contributed by atoms with Gasteiger partial charge in [0.15, 0.2) is 0 Å². The second kappa shape index (κ2) is 3.09. The molecular weight excluding hydrogens is 152 g/mol. The fraction of sp³-hybridized carbons (Fsp3) is 0.556. The van der Waals surface area contributed by atoms with Crippen molar-refractivity contribution in [3.05, 3.63) is 18.1 Å². The summed E-state index contributed by atoms with van der Waals surface area (Å²) in [7, 11) is 1.59. The lowest BCUT2D eigenvalue weighted by molar-refractivity contribution is 0.389. The molecular formula is C9H14N2O. The van der Waals surface area contributed by atoms with Gasteiger partial charge in [-0.25, -0.2) is 4.98 Å². The number of hydrogen-bond donors (Lipinski definition) is 0. The summed E-state index contributed by atoms with van der Waals surface area (Å²) in [5, 5.41) is 0. The van der Waals surface area contributed by atoms with E-state index in [1.807, 2.05) is 0 Å². The number of methoxy groups -OCH3 is 1. The first-order chi connectivity index (χ1) is 5.54. The van der Waals surface area contributed by atoms with Gasteiger partial charge >= 0.3 is 0 Å². The van der Waals surface area contributed by atoms with Gasteiger partial charge in [0.05, 0.1) is 19.0 Å². The third-order valence-electron chi connectivity index (χ3n) is 1.59. The molecule has 0 aliphatic heterocycles. The maximum Gasteiger partial charge on any atom is 0.232 e. The zero-order valence-corrected chi connectivity index (χ0v) is 7.96. The fourth-order valence-electron chi connectivity index (χ4n) is 0.808. The van der Waals surface area contributed by atoms with Crippen LogP contribution in [0, 0.1) is 0 Å². The first kappa shape index (κ1) is 8.97. The highest BCUT2D eigenvalue weighted by molar-refractivity contribution is 5.14. The second-order valence-corrected chi connectivity index (χ2v) is 3.70. The van der Waals surface area contributed by atoms with Gasteiger partial charge in [0.2, 0.25) is 5.88 Å². The summed E-state index contributed by atoms with van der Waals surface area (Å²) in [5.74, 6) is 0.572. The van der Waals surface area contributed by atoms with Crippen LogP contribution in [0.3, 0.4) is 0 Å². The minimum Gasteiger partial charge on any atom is -0.480 e. The lowest BCUT2D eigenvalue weighted by atomic mass is 9.93. The van der Waals surface area contributed by atoms with Gasteiger partial charge in [0.1, 0.15) is 0 Å². The van der Waals surface area contributed by atoms with Gasteiger partial charge in [-0.05, 0) is 0 Å². The van der Waals surface area contributed by atoms with Gasteiger partial charge in [0, 0.05) is 11.6 Å². The molecule has 1 rings (SSSR count). The van der Waals surface area contributed by atoms with Crippen molar-refractivity contribution in [2.24, 2.45) is 0 Å². The van der Waals surface area contributed by atoms with Crippen molar-refractivity contribution in [3.8, 4) is 5.88 Å². The number of aromatic nitrogens is 2. The van der Waals surface area contributed by atoms with Crippen molar-refractivity contribution in [3.63, 3.8) is 0 Å². The molecule has 0 amide bonds. The lowest BCUT2D eigenvalue weighted by Crippen LogP contribution is -2.14. The summed E-state index contributed by atoms with van der Waals surface area (Å²) in [6.45, 7) is 6.28. The Labute approximate surface area is 72.8 Å². The molecule has 0 unspecified atom stereocenters. The summed E-state index contributed by atoms with van der Waals surface area (Å²) in [5.41, 5.74) is 0.975. The van der Waals surface area contributed by atoms with Crippen molar-refractivity contribution in [2.75, 3.05) is 7.11 Å². The molecule has 0 aromatic carbocycles. The third kappa shape index (κ3) is 1.94. The fourth-order valence-corrected chi connectivity index (χ4v) is 0.808. The van der Waals surface area contributed by atoms with Gasteiger partial charge in [-0.15, -0.1) is 0 Å². The molecule has 0 aliphatic rings. The van der Waals surface area contributed by atoms with E-state index in [-0.39, 0.29) is 5.41 Å². The van der Waals surface area contributed by atoms with Gasteiger partial charge in [-0.2, -0.15) is 0 Å². The van der Waals surface area contributed by atoms with Gasteiger partial charge in [-0.1, -0.05) is 20.8 Å². The molecule has 0 radical (unpaired) electrons. The quantitative estimate of drug-likeness (QED) is 0.638. The molecule has 1 heterocycles. The van der Waals surface area contributed by atoms with Gasteiger partial charge in [-0.3, -0.25) is 4.98 Å². The minimum atomic E-state index is 0.0293. The van der Waals surface area contributed by atoms with Crippen LogP contribution in [0.4, 0.5) is 0 Å². The monoisotopic (exact) mass is 166 g/mol. The van der Waals surface area contributed by atoms with Crippen LogP contribution >= 0.6 is 0 Å². The average Bonchev–Trinajstić information content (AvgIpc) is 2.03. The summed E-state index contributed by atoms with van der Waals surface area (Å²) < 4.78 is 4.98. The minimum absolute atomic E-state index is 0.0293. The molecule has 0 aliphatic carbocycles. The van der Waals surface area contributed by atoms with Crippen LogP contribution in [0.5, 0.6) is 5.88 Å². The Morgan fingerprint density at radius 1 is 1.25 bits per heavy atom. The smallest absolute Gasteiger partial charge is 0.232 e. The zero-order chi connectivity index (χ0) is 9.19. The molecule has 0 atom stereocenters. The van der Waals surface area contributed by atoms with E-state index in [1.54, 1.807) is 19.5 Å². The van der Waals surface area contributed by atoms with Crippen molar-refractivity contribution in [2.45, 2.75) is 26.2 Å². The van der Waals surface area contributed by atoms with Crippen molar-refractivity contribution < 1.29 is 4.74 Å². The number of rotatable bonds is 1. The van der Waals surface area contributed by atoms with Crippen LogP contribution in [-0.4, -0.2) is 17.1 Å². The Balaban J connectivity index is 3.02. The molecule has 0 saturated carbocycles. The van der Waals surface area contributed by atoms with E-state index in [9.17, 15) is 0 Å². The molecule has 1 aromatic heterocycles. The molecule has 0 bridgehead atoms. The van der Waals surface area contributed by atoms with E-state index in [2.05, 4.69) is 30.7 Å². The molecule has 0 N–H and O–H groups in total. The highest BCUT2D eigenvalue weighted by atomic mass is 16.5. The van der Waals surface area contributed by atoms with E-state index < -0.39 is 0 Å². The Hall–Kier alpha value is -1.12. The largest absolute Gasteiger partial charge is 0.480 e. The molecule has 3 heteroatoms. The Morgan fingerprint density at radius 2 is 1.92 bits per heavy atom. The van der Waals surface area contributed by atoms with Crippen molar-refractivity contribution in [1.82, 2.24) is 9.97 Å². The van der Waals surface area contributed by atoms with E-state index in [0.717, 1.165) is 5.69 Å². The van der Waals surface area contributed by atoms with Crippen LogP contribution in [-0.2, 0) is 5.41 Å². The first-order valence-corrected chi connectivity index (χ1v) is 3.90. The molecule has 3 nitrogen and oxygen atoms in total. The predicted molar refractivity (Wildman–Crippen MR) is 47.3 cm³/mol. The van der Waals surface area contributed by atoms with E-state index in [1.165, 1.54) is 0 Å². The van der Waals surface area contributed by atoms with Crippen LogP contribution in [0.15, 0.2) is 12.4 Å². The average molecular weight is 166 g/mol. The summed E-state index contributed by atoms with van der Waals surface area (Å²) >= 11 is 0. The van der Waals surface area contributed by atoms with Crippen LogP contribution in [0.25, 0.3) is 0 Å². The highest BCUT2D eigenvalue weighted by Gasteiger charge is 2.15. The Kier molecular flexibility index (Phi) is 2.31. The maximum atomic E-state index is 4.98.